The van der Waals surface area contributed by atoms with Crippen molar-refractivity contribution in [2.24, 2.45) is 5.92 Å². The van der Waals surface area contributed by atoms with Crippen LogP contribution in [0.4, 0.5) is 0 Å². The number of hydrogen-bond acceptors (Lipinski definition) is 6. The molecule has 1 amide bonds. The van der Waals surface area contributed by atoms with E-state index in [1.807, 2.05) is 33.7 Å². The molecule has 0 saturated carbocycles. The standard InChI is InChI=1S/C21H28ClN5O2S/c1-16-6-8-26(9-7-16)20(28)15-30-21-24-23-19(14-25-10-12-29-13-11-25)27(21)18-4-2-17(22)3-5-18/h2-5,16H,6-15H2,1H3. The highest BCUT2D eigenvalue weighted by molar-refractivity contribution is 7.99. The number of morpholine rings is 1. The van der Waals surface area contributed by atoms with Crippen molar-refractivity contribution >= 4 is 29.3 Å². The SMILES string of the molecule is CC1CCN(C(=O)CSc2nnc(CN3CCOCC3)n2-c2ccc(Cl)cc2)CC1. The van der Waals surface area contributed by atoms with Crippen LogP contribution in [0.2, 0.25) is 5.02 Å². The second kappa shape index (κ2) is 10.1. The van der Waals surface area contributed by atoms with Gasteiger partial charge in [-0.15, -0.1) is 10.2 Å². The van der Waals surface area contributed by atoms with Gasteiger partial charge in [-0.05, 0) is 43.0 Å². The smallest absolute Gasteiger partial charge is 0.233 e. The molecule has 0 radical (unpaired) electrons. The summed E-state index contributed by atoms with van der Waals surface area (Å²) in [5.74, 6) is 2.11. The van der Waals surface area contributed by atoms with E-state index in [0.717, 1.165) is 68.9 Å². The Balaban J connectivity index is 1.50. The first-order valence-corrected chi connectivity index (χ1v) is 11.9. The van der Waals surface area contributed by atoms with Crippen LogP contribution in [0.25, 0.3) is 5.69 Å². The number of aromatic nitrogens is 3. The molecule has 30 heavy (non-hydrogen) atoms. The van der Waals surface area contributed by atoms with Gasteiger partial charge in [0.05, 0.1) is 25.5 Å². The normalized spacial score (nSPS) is 18.7. The van der Waals surface area contributed by atoms with Crippen molar-refractivity contribution in [1.82, 2.24) is 24.6 Å². The highest BCUT2D eigenvalue weighted by Crippen LogP contribution is 2.25. The molecule has 3 heterocycles. The molecule has 1 aromatic heterocycles. The van der Waals surface area contributed by atoms with E-state index in [1.54, 1.807) is 0 Å². The molecule has 2 aromatic rings. The summed E-state index contributed by atoms with van der Waals surface area (Å²) in [6.45, 7) is 7.88. The molecule has 0 bridgehead atoms. The van der Waals surface area contributed by atoms with Crippen molar-refractivity contribution in [1.29, 1.82) is 0 Å². The summed E-state index contributed by atoms with van der Waals surface area (Å²) in [5.41, 5.74) is 0.953. The molecule has 0 N–H and O–H groups in total. The van der Waals surface area contributed by atoms with Crippen molar-refractivity contribution in [2.75, 3.05) is 45.1 Å². The second-order valence-electron chi connectivity index (χ2n) is 7.95. The molecule has 0 unspecified atom stereocenters. The van der Waals surface area contributed by atoms with Crippen LogP contribution in [0.3, 0.4) is 0 Å². The van der Waals surface area contributed by atoms with Crippen LogP contribution in [0, 0.1) is 5.92 Å². The van der Waals surface area contributed by atoms with Gasteiger partial charge < -0.3 is 9.64 Å². The average Bonchev–Trinajstić information content (AvgIpc) is 3.16. The largest absolute Gasteiger partial charge is 0.379 e. The van der Waals surface area contributed by atoms with Gasteiger partial charge >= 0.3 is 0 Å². The molecule has 0 atom stereocenters. The number of piperidine rings is 1. The zero-order chi connectivity index (χ0) is 20.9. The first-order valence-electron chi connectivity index (χ1n) is 10.5. The third-order valence-electron chi connectivity index (χ3n) is 5.72. The fraction of sp³-hybridized carbons (Fsp3) is 0.571. The molecule has 0 aliphatic carbocycles. The van der Waals surface area contributed by atoms with Gasteiger partial charge in [-0.2, -0.15) is 0 Å². The third-order valence-corrected chi connectivity index (χ3v) is 6.88. The topological polar surface area (TPSA) is 63.5 Å². The van der Waals surface area contributed by atoms with Crippen molar-refractivity contribution in [3.05, 3.63) is 35.1 Å². The minimum atomic E-state index is 0.173. The predicted octanol–water partition coefficient (Wildman–Crippen LogP) is 3.10. The minimum absolute atomic E-state index is 0.173. The summed E-state index contributed by atoms with van der Waals surface area (Å²) in [4.78, 5) is 17.0. The molecule has 4 rings (SSSR count). The number of ether oxygens (including phenoxy) is 1. The Kier molecular flexibility index (Phi) is 7.30. The molecule has 7 nitrogen and oxygen atoms in total. The average molecular weight is 450 g/mol. The molecule has 2 aliphatic heterocycles. The number of nitrogens with zero attached hydrogens (tertiary/aromatic N) is 5. The van der Waals surface area contributed by atoms with E-state index in [0.29, 0.717) is 23.2 Å². The van der Waals surface area contributed by atoms with Crippen LogP contribution in [0.15, 0.2) is 29.4 Å². The summed E-state index contributed by atoms with van der Waals surface area (Å²) >= 11 is 7.54. The molecular weight excluding hydrogens is 422 g/mol. The highest BCUT2D eigenvalue weighted by atomic mass is 35.5. The molecule has 0 spiro atoms. The van der Waals surface area contributed by atoms with Crippen LogP contribution in [-0.4, -0.2) is 75.6 Å². The molecule has 9 heteroatoms. The van der Waals surface area contributed by atoms with Gasteiger partial charge in [0, 0.05) is 36.9 Å². The lowest BCUT2D eigenvalue weighted by Gasteiger charge is -2.30. The Bertz CT molecular complexity index is 846. The predicted molar refractivity (Wildman–Crippen MR) is 118 cm³/mol. The summed E-state index contributed by atoms with van der Waals surface area (Å²) < 4.78 is 7.50. The molecule has 2 aliphatic rings. The first kappa shape index (κ1) is 21.6. The van der Waals surface area contributed by atoms with Crippen molar-refractivity contribution in [2.45, 2.75) is 31.5 Å². The number of thioether (sulfide) groups is 1. The maximum Gasteiger partial charge on any atom is 0.233 e. The number of benzene rings is 1. The highest BCUT2D eigenvalue weighted by Gasteiger charge is 2.23. The van der Waals surface area contributed by atoms with Crippen molar-refractivity contribution < 1.29 is 9.53 Å². The van der Waals surface area contributed by atoms with E-state index in [-0.39, 0.29) is 5.91 Å². The van der Waals surface area contributed by atoms with Crippen LogP contribution in [-0.2, 0) is 16.1 Å². The number of likely N-dealkylation sites (tertiary alicyclic amines) is 1. The van der Waals surface area contributed by atoms with E-state index in [1.165, 1.54) is 11.8 Å². The van der Waals surface area contributed by atoms with Crippen LogP contribution >= 0.6 is 23.4 Å². The maximum atomic E-state index is 12.7. The number of hydrogen-bond donors (Lipinski definition) is 0. The number of rotatable bonds is 6. The molecule has 162 valence electrons. The number of amides is 1. The third kappa shape index (κ3) is 5.35. The van der Waals surface area contributed by atoms with Crippen LogP contribution in [0.1, 0.15) is 25.6 Å². The van der Waals surface area contributed by atoms with Crippen molar-refractivity contribution in [3.8, 4) is 5.69 Å². The van der Waals surface area contributed by atoms with E-state index in [2.05, 4.69) is 22.0 Å². The van der Waals surface area contributed by atoms with Gasteiger partial charge in [-0.3, -0.25) is 14.3 Å². The lowest BCUT2D eigenvalue weighted by atomic mass is 9.99. The van der Waals surface area contributed by atoms with E-state index < -0.39 is 0 Å². The van der Waals surface area contributed by atoms with Gasteiger partial charge in [0.2, 0.25) is 5.91 Å². The zero-order valence-electron chi connectivity index (χ0n) is 17.3. The number of carbonyl (C=O) groups is 1. The molecular formula is C21H28ClN5O2S. The Morgan fingerprint density at radius 2 is 1.83 bits per heavy atom. The Labute approximate surface area is 186 Å². The summed E-state index contributed by atoms with van der Waals surface area (Å²) in [6, 6.07) is 7.66. The minimum Gasteiger partial charge on any atom is -0.379 e. The quantitative estimate of drug-likeness (QED) is 0.631. The lowest BCUT2D eigenvalue weighted by Crippen LogP contribution is -2.39. The Morgan fingerprint density at radius 3 is 2.53 bits per heavy atom. The van der Waals surface area contributed by atoms with Crippen molar-refractivity contribution in [3.63, 3.8) is 0 Å². The van der Waals surface area contributed by atoms with Gasteiger partial charge in [0.15, 0.2) is 11.0 Å². The van der Waals surface area contributed by atoms with Crippen LogP contribution < -0.4 is 0 Å². The lowest BCUT2D eigenvalue weighted by molar-refractivity contribution is -0.129. The fourth-order valence-electron chi connectivity index (χ4n) is 3.78. The van der Waals surface area contributed by atoms with Gasteiger partial charge in [-0.1, -0.05) is 30.3 Å². The second-order valence-corrected chi connectivity index (χ2v) is 9.33. The fourth-order valence-corrected chi connectivity index (χ4v) is 4.78. The van der Waals surface area contributed by atoms with E-state index >= 15 is 0 Å². The molecule has 1 aromatic carbocycles. The number of carbonyl (C=O) groups excluding carboxylic acids is 1. The van der Waals surface area contributed by atoms with E-state index in [9.17, 15) is 4.79 Å². The van der Waals surface area contributed by atoms with Crippen LogP contribution in [0.5, 0.6) is 0 Å². The summed E-state index contributed by atoms with van der Waals surface area (Å²) in [7, 11) is 0. The Hall–Kier alpha value is -1.61. The monoisotopic (exact) mass is 449 g/mol. The van der Waals surface area contributed by atoms with Gasteiger partial charge in [0.25, 0.3) is 0 Å². The molecule has 2 fully saturated rings. The zero-order valence-corrected chi connectivity index (χ0v) is 18.9. The van der Waals surface area contributed by atoms with E-state index in [4.69, 9.17) is 16.3 Å². The summed E-state index contributed by atoms with van der Waals surface area (Å²) in [5, 5.41) is 10.3. The maximum absolute atomic E-state index is 12.7. The molecule has 2 saturated heterocycles. The first-order chi connectivity index (χ1) is 14.6. The summed E-state index contributed by atoms with van der Waals surface area (Å²) in [6.07, 6.45) is 2.17. The number of halogens is 1. The van der Waals surface area contributed by atoms with Gasteiger partial charge in [0.1, 0.15) is 0 Å². The Morgan fingerprint density at radius 1 is 1.13 bits per heavy atom. The van der Waals surface area contributed by atoms with Gasteiger partial charge in [-0.25, -0.2) is 0 Å².